The molecule has 0 fully saturated rings. The van der Waals surface area contributed by atoms with E-state index in [1.807, 2.05) is 24.3 Å². The van der Waals surface area contributed by atoms with E-state index < -0.39 is 0 Å². The molecule has 22 heavy (non-hydrogen) atoms. The fourth-order valence-electron chi connectivity index (χ4n) is 2.26. The van der Waals surface area contributed by atoms with Crippen molar-refractivity contribution in [1.82, 2.24) is 5.32 Å². The summed E-state index contributed by atoms with van der Waals surface area (Å²) in [6, 6.07) is 14.8. The Morgan fingerprint density at radius 1 is 1.09 bits per heavy atom. The minimum Gasteiger partial charge on any atom is -0.356 e. The normalized spacial score (nSPS) is 11.8. The van der Waals surface area contributed by atoms with Crippen LogP contribution in [0.25, 0.3) is 0 Å². The lowest BCUT2D eigenvalue weighted by Crippen LogP contribution is -2.32. The van der Waals surface area contributed by atoms with Crippen molar-refractivity contribution in [3.63, 3.8) is 0 Å². The van der Waals surface area contributed by atoms with Crippen LogP contribution in [0.2, 0.25) is 0 Å². The predicted molar refractivity (Wildman–Crippen MR) is 102 cm³/mol. The summed E-state index contributed by atoms with van der Waals surface area (Å²) < 4.78 is 1.05. The molecule has 2 aromatic rings. The van der Waals surface area contributed by atoms with Gasteiger partial charge in [0.2, 0.25) is 0 Å². The zero-order valence-corrected chi connectivity index (χ0v) is 15.5. The van der Waals surface area contributed by atoms with Gasteiger partial charge in [0.15, 0.2) is 5.11 Å². The van der Waals surface area contributed by atoms with Gasteiger partial charge in [0.05, 0.1) is 6.04 Å². The van der Waals surface area contributed by atoms with Gasteiger partial charge in [-0.15, -0.1) is 0 Å². The number of halogens is 1. The first-order valence-electron chi connectivity index (χ1n) is 7.40. The highest BCUT2D eigenvalue weighted by Gasteiger charge is 2.11. The number of thiocarbonyl (C=S) groups is 1. The lowest BCUT2D eigenvalue weighted by molar-refractivity contribution is 0.628. The lowest BCUT2D eigenvalue weighted by atomic mass is 9.99. The van der Waals surface area contributed by atoms with Crippen molar-refractivity contribution < 1.29 is 0 Å². The molecule has 1 atom stereocenters. The molecular formula is C18H21BrN2S. The quantitative estimate of drug-likeness (QED) is 0.688. The maximum absolute atomic E-state index is 5.44. The molecule has 0 aromatic heterocycles. The molecule has 0 saturated heterocycles. The number of rotatable bonds is 4. The second kappa shape index (κ2) is 7.75. The molecule has 0 heterocycles. The summed E-state index contributed by atoms with van der Waals surface area (Å²) in [6.45, 7) is 6.44. The highest BCUT2D eigenvalue weighted by molar-refractivity contribution is 9.10. The van der Waals surface area contributed by atoms with E-state index in [0.29, 0.717) is 5.11 Å². The summed E-state index contributed by atoms with van der Waals surface area (Å²) in [6.07, 6.45) is 0.977. The largest absolute Gasteiger partial charge is 0.356 e. The van der Waals surface area contributed by atoms with E-state index in [2.05, 4.69) is 65.5 Å². The zero-order chi connectivity index (χ0) is 16.1. The molecule has 0 saturated carbocycles. The molecule has 2 nitrogen and oxygen atoms in total. The van der Waals surface area contributed by atoms with Gasteiger partial charge in [-0.3, -0.25) is 0 Å². The molecule has 0 aliphatic rings. The average molecular weight is 377 g/mol. The fourth-order valence-corrected chi connectivity index (χ4v) is 2.79. The predicted octanol–water partition coefficient (Wildman–Crippen LogP) is 5.50. The van der Waals surface area contributed by atoms with Crippen molar-refractivity contribution in [3.8, 4) is 0 Å². The van der Waals surface area contributed by atoms with E-state index in [1.165, 1.54) is 16.7 Å². The number of nitrogens with one attached hydrogen (secondary N) is 2. The van der Waals surface area contributed by atoms with Crippen LogP contribution in [0.3, 0.4) is 0 Å². The van der Waals surface area contributed by atoms with Gasteiger partial charge in [0.25, 0.3) is 0 Å². The van der Waals surface area contributed by atoms with Crippen LogP contribution in [-0.4, -0.2) is 5.11 Å². The van der Waals surface area contributed by atoms with Gasteiger partial charge in [0.1, 0.15) is 0 Å². The number of anilines is 1. The molecule has 0 aliphatic heterocycles. The van der Waals surface area contributed by atoms with Crippen molar-refractivity contribution in [2.45, 2.75) is 33.2 Å². The molecule has 0 unspecified atom stereocenters. The highest BCUT2D eigenvalue weighted by Crippen LogP contribution is 2.20. The highest BCUT2D eigenvalue weighted by atomic mass is 79.9. The van der Waals surface area contributed by atoms with Gasteiger partial charge in [0, 0.05) is 10.2 Å². The molecule has 0 spiro atoms. The van der Waals surface area contributed by atoms with E-state index in [9.17, 15) is 0 Å². The van der Waals surface area contributed by atoms with Gasteiger partial charge >= 0.3 is 0 Å². The van der Waals surface area contributed by atoms with E-state index in [-0.39, 0.29) is 6.04 Å². The molecule has 116 valence electrons. The second-order valence-corrected chi connectivity index (χ2v) is 6.73. The first kappa shape index (κ1) is 17.0. The van der Waals surface area contributed by atoms with Gasteiger partial charge in [-0.05, 0) is 73.4 Å². The number of hydrogen-bond donors (Lipinski definition) is 2. The first-order valence-corrected chi connectivity index (χ1v) is 8.60. The van der Waals surface area contributed by atoms with Gasteiger partial charge in [-0.1, -0.05) is 41.1 Å². The van der Waals surface area contributed by atoms with Crippen LogP contribution in [-0.2, 0) is 0 Å². The molecule has 0 bridgehead atoms. The molecule has 2 rings (SSSR count). The third-order valence-corrected chi connectivity index (χ3v) is 4.50. The average Bonchev–Trinajstić information content (AvgIpc) is 2.50. The molecule has 0 radical (unpaired) electrons. The Hall–Kier alpha value is -1.39. The third kappa shape index (κ3) is 4.55. The third-order valence-electron chi connectivity index (χ3n) is 3.75. The van der Waals surface area contributed by atoms with Crippen molar-refractivity contribution in [2.24, 2.45) is 0 Å². The molecule has 4 heteroatoms. The van der Waals surface area contributed by atoms with Gasteiger partial charge in [-0.25, -0.2) is 0 Å². The number of hydrogen-bond acceptors (Lipinski definition) is 1. The van der Waals surface area contributed by atoms with Crippen LogP contribution >= 0.6 is 28.1 Å². The van der Waals surface area contributed by atoms with Crippen LogP contribution < -0.4 is 10.6 Å². The molecule has 0 amide bonds. The van der Waals surface area contributed by atoms with Crippen LogP contribution in [0.4, 0.5) is 5.69 Å². The Balaban J connectivity index is 2.04. The Bertz CT molecular complexity index is 653. The molecule has 2 aromatic carbocycles. The van der Waals surface area contributed by atoms with E-state index in [4.69, 9.17) is 12.2 Å². The SMILES string of the molecule is CC[C@@H](NC(=S)Nc1ccc(Br)cc1)c1ccc(C)c(C)c1. The number of aryl methyl sites for hydroxylation is 2. The standard InChI is InChI=1S/C18H21BrN2S/c1-4-17(14-6-5-12(2)13(3)11-14)21-18(22)20-16-9-7-15(19)8-10-16/h5-11,17H,4H2,1-3H3,(H2,20,21,22)/t17-/m1/s1. The van der Waals surface area contributed by atoms with E-state index in [1.54, 1.807) is 0 Å². The van der Waals surface area contributed by atoms with E-state index >= 15 is 0 Å². The molecule has 0 aliphatic carbocycles. The second-order valence-electron chi connectivity index (χ2n) is 5.41. The van der Waals surface area contributed by atoms with Gasteiger partial charge in [-0.2, -0.15) is 0 Å². The van der Waals surface area contributed by atoms with Crippen molar-refractivity contribution in [2.75, 3.05) is 5.32 Å². The van der Waals surface area contributed by atoms with Crippen LogP contribution in [0.1, 0.15) is 36.1 Å². The Labute approximate surface area is 146 Å². The summed E-state index contributed by atoms with van der Waals surface area (Å²) in [5.41, 5.74) is 4.87. The topological polar surface area (TPSA) is 24.1 Å². The molecule has 2 N–H and O–H groups in total. The van der Waals surface area contributed by atoms with Crippen LogP contribution in [0.5, 0.6) is 0 Å². The fraction of sp³-hybridized carbons (Fsp3) is 0.278. The minimum atomic E-state index is 0.217. The Morgan fingerprint density at radius 3 is 2.36 bits per heavy atom. The van der Waals surface area contributed by atoms with E-state index in [0.717, 1.165) is 16.6 Å². The summed E-state index contributed by atoms with van der Waals surface area (Å²) in [5.74, 6) is 0. The lowest BCUT2D eigenvalue weighted by Gasteiger charge is -2.21. The number of benzene rings is 2. The Kier molecular flexibility index (Phi) is 5.98. The first-order chi connectivity index (χ1) is 10.5. The summed E-state index contributed by atoms with van der Waals surface area (Å²) in [7, 11) is 0. The van der Waals surface area contributed by atoms with Crippen molar-refractivity contribution >= 4 is 38.9 Å². The molecular weight excluding hydrogens is 356 g/mol. The Morgan fingerprint density at radius 2 is 1.77 bits per heavy atom. The van der Waals surface area contributed by atoms with Crippen LogP contribution in [0, 0.1) is 13.8 Å². The smallest absolute Gasteiger partial charge is 0.171 e. The summed E-state index contributed by atoms with van der Waals surface area (Å²) >= 11 is 8.87. The zero-order valence-electron chi connectivity index (χ0n) is 13.1. The van der Waals surface area contributed by atoms with Gasteiger partial charge < -0.3 is 10.6 Å². The summed E-state index contributed by atoms with van der Waals surface area (Å²) in [4.78, 5) is 0. The monoisotopic (exact) mass is 376 g/mol. The van der Waals surface area contributed by atoms with Crippen molar-refractivity contribution in [3.05, 3.63) is 63.6 Å². The maximum atomic E-state index is 5.44. The van der Waals surface area contributed by atoms with Crippen LogP contribution in [0.15, 0.2) is 46.9 Å². The maximum Gasteiger partial charge on any atom is 0.171 e. The van der Waals surface area contributed by atoms with Crippen molar-refractivity contribution in [1.29, 1.82) is 0 Å². The summed E-state index contributed by atoms with van der Waals surface area (Å²) in [5, 5.41) is 7.28. The minimum absolute atomic E-state index is 0.217.